The highest BCUT2D eigenvalue weighted by Crippen LogP contribution is 2.38. The van der Waals surface area contributed by atoms with E-state index in [1.54, 1.807) is 19.9 Å². The Morgan fingerprint density at radius 2 is 1.75 bits per heavy atom. The molecule has 0 fully saturated rings. The Bertz CT molecular complexity index is 299. The molecule has 0 radical (unpaired) electrons. The van der Waals surface area contributed by atoms with Crippen molar-refractivity contribution >= 4 is 11.9 Å². The molecule has 1 rings (SSSR count). The van der Waals surface area contributed by atoms with Crippen molar-refractivity contribution in [1.29, 1.82) is 0 Å². The first-order chi connectivity index (χ1) is 7.56. The minimum atomic E-state index is -1.20. The number of allylic oxidation sites excluding steroid dienone is 1. The summed E-state index contributed by atoms with van der Waals surface area (Å²) in [6.07, 6.45) is 2.87. The van der Waals surface area contributed by atoms with Crippen LogP contribution in [-0.2, 0) is 19.1 Å². The predicted octanol–water partition coefficient (Wildman–Crippen LogP) is 1.84. The molecule has 4 heteroatoms. The number of hydrogen-bond donors (Lipinski definition) is 0. The fourth-order valence-corrected chi connectivity index (χ4v) is 1.88. The summed E-state index contributed by atoms with van der Waals surface area (Å²) in [5, 5.41) is 0. The highest BCUT2D eigenvalue weighted by Gasteiger charge is 2.49. The van der Waals surface area contributed by atoms with Gasteiger partial charge in [-0.25, -0.2) is 0 Å². The minimum absolute atomic E-state index is 0.271. The molecule has 0 heterocycles. The summed E-state index contributed by atoms with van der Waals surface area (Å²) in [6.45, 7) is 5.89. The van der Waals surface area contributed by atoms with Crippen LogP contribution in [0.5, 0.6) is 0 Å². The first-order valence-electron chi connectivity index (χ1n) is 5.59. The monoisotopic (exact) mass is 226 g/mol. The third-order valence-electron chi connectivity index (χ3n) is 2.69. The van der Waals surface area contributed by atoms with E-state index in [1.165, 1.54) is 0 Å². The molecule has 90 valence electrons. The average molecular weight is 226 g/mol. The topological polar surface area (TPSA) is 52.6 Å². The lowest BCUT2D eigenvalue weighted by Gasteiger charge is -2.22. The molecule has 0 aromatic heterocycles. The summed E-state index contributed by atoms with van der Waals surface area (Å²) in [6, 6.07) is 0. The Hall–Kier alpha value is -1.32. The maximum atomic E-state index is 11.9. The van der Waals surface area contributed by atoms with E-state index in [-0.39, 0.29) is 13.2 Å². The molecule has 0 spiro atoms. The van der Waals surface area contributed by atoms with Gasteiger partial charge in [-0.3, -0.25) is 9.59 Å². The second-order valence-electron chi connectivity index (χ2n) is 3.90. The molecule has 0 unspecified atom stereocenters. The van der Waals surface area contributed by atoms with Crippen molar-refractivity contribution in [3.05, 3.63) is 11.6 Å². The Morgan fingerprint density at radius 3 is 2.06 bits per heavy atom. The van der Waals surface area contributed by atoms with E-state index in [2.05, 4.69) is 0 Å². The lowest BCUT2D eigenvalue weighted by atomic mass is 9.88. The smallest absolute Gasteiger partial charge is 0.327 e. The average Bonchev–Trinajstić information content (AvgIpc) is 2.63. The standard InChI is InChI=1S/C12H18O4/c1-4-15-10(13)12(11(14)16-5-2)7-6-9(3)8-12/h8H,4-7H2,1-3H3. The number of ether oxygens (including phenoxy) is 2. The van der Waals surface area contributed by atoms with Crippen LogP contribution < -0.4 is 0 Å². The fourth-order valence-electron chi connectivity index (χ4n) is 1.88. The van der Waals surface area contributed by atoms with Gasteiger partial charge in [-0.05, 0) is 33.6 Å². The number of esters is 2. The van der Waals surface area contributed by atoms with Gasteiger partial charge in [-0.15, -0.1) is 0 Å². The van der Waals surface area contributed by atoms with Crippen LogP contribution in [0.4, 0.5) is 0 Å². The number of rotatable bonds is 4. The van der Waals surface area contributed by atoms with Crippen molar-refractivity contribution in [3.63, 3.8) is 0 Å². The summed E-state index contributed by atoms with van der Waals surface area (Å²) < 4.78 is 9.92. The molecule has 0 saturated carbocycles. The van der Waals surface area contributed by atoms with Crippen molar-refractivity contribution in [2.24, 2.45) is 5.41 Å². The van der Waals surface area contributed by atoms with Crippen molar-refractivity contribution in [2.75, 3.05) is 13.2 Å². The molecule has 0 amide bonds. The van der Waals surface area contributed by atoms with Gasteiger partial charge in [0.1, 0.15) is 0 Å². The van der Waals surface area contributed by atoms with Crippen molar-refractivity contribution in [3.8, 4) is 0 Å². The van der Waals surface area contributed by atoms with Crippen LogP contribution in [0.2, 0.25) is 0 Å². The lowest BCUT2D eigenvalue weighted by Crippen LogP contribution is -2.39. The molecule has 0 aliphatic heterocycles. The zero-order chi connectivity index (χ0) is 12.2. The van der Waals surface area contributed by atoms with Gasteiger partial charge in [-0.1, -0.05) is 11.6 Å². The van der Waals surface area contributed by atoms with Gasteiger partial charge in [0.05, 0.1) is 13.2 Å². The van der Waals surface area contributed by atoms with Crippen molar-refractivity contribution in [2.45, 2.75) is 33.6 Å². The van der Waals surface area contributed by atoms with Crippen LogP contribution >= 0.6 is 0 Å². The van der Waals surface area contributed by atoms with E-state index >= 15 is 0 Å². The van der Waals surface area contributed by atoms with E-state index in [0.29, 0.717) is 6.42 Å². The summed E-state index contributed by atoms with van der Waals surface area (Å²) >= 11 is 0. The van der Waals surface area contributed by atoms with Crippen LogP contribution in [0.1, 0.15) is 33.6 Å². The normalized spacial score (nSPS) is 17.8. The molecule has 1 aliphatic rings. The molecule has 0 atom stereocenters. The van der Waals surface area contributed by atoms with E-state index in [0.717, 1.165) is 12.0 Å². The van der Waals surface area contributed by atoms with Crippen LogP contribution in [0.15, 0.2) is 11.6 Å². The summed E-state index contributed by atoms with van der Waals surface area (Å²) in [7, 11) is 0. The fraction of sp³-hybridized carbons (Fsp3) is 0.667. The number of carbonyl (C=O) groups excluding carboxylic acids is 2. The third-order valence-corrected chi connectivity index (χ3v) is 2.69. The van der Waals surface area contributed by atoms with Gasteiger partial charge in [0, 0.05) is 0 Å². The quantitative estimate of drug-likeness (QED) is 0.417. The van der Waals surface area contributed by atoms with E-state index in [9.17, 15) is 9.59 Å². The largest absolute Gasteiger partial charge is 0.465 e. The third kappa shape index (κ3) is 2.26. The van der Waals surface area contributed by atoms with Gasteiger partial charge < -0.3 is 9.47 Å². The van der Waals surface area contributed by atoms with Gasteiger partial charge in [-0.2, -0.15) is 0 Å². The van der Waals surface area contributed by atoms with Crippen LogP contribution in [-0.4, -0.2) is 25.2 Å². The van der Waals surface area contributed by atoms with E-state index < -0.39 is 17.4 Å². The van der Waals surface area contributed by atoms with Gasteiger partial charge in [0.25, 0.3) is 0 Å². The van der Waals surface area contributed by atoms with Crippen molar-refractivity contribution in [1.82, 2.24) is 0 Å². The summed E-state index contributed by atoms with van der Waals surface area (Å²) in [5.74, 6) is -0.990. The Kier molecular flexibility index (Phi) is 4.10. The van der Waals surface area contributed by atoms with Crippen LogP contribution in [0.25, 0.3) is 0 Å². The molecule has 0 saturated heterocycles. The highest BCUT2D eigenvalue weighted by molar-refractivity contribution is 6.03. The van der Waals surface area contributed by atoms with Crippen molar-refractivity contribution < 1.29 is 19.1 Å². The van der Waals surface area contributed by atoms with Gasteiger partial charge >= 0.3 is 11.9 Å². The van der Waals surface area contributed by atoms with Gasteiger partial charge in [0.2, 0.25) is 0 Å². The summed E-state index contributed by atoms with van der Waals surface area (Å²) in [5.41, 5.74) is -0.170. The molecule has 0 bridgehead atoms. The highest BCUT2D eigenvalue weighted by atomic mass is 16.6. The molecule has 0 N–H and O–H groups in total. The van der Waals surface area contributed by atoms with Gasteiger partial charge in [0.15, 0.2) is 5.41 Å². The molecular formula is C12H18O4. The zero-order valence-electron chi connectivity index (χ0n) is 10.0. The van der Waals surface area contributed by atoms with E-state index in [1.807, 2.05) is 6.92 Å². The Morgan fingerprint density at radius 1 is 1.25 bits per heavy atom. The van der Waals surface area contributed by atoms with E-state index in [4.69, 9.17) is 9.47 Å². The number of carbonyl (C=O) groups is 2. The maximum Gasteiger partial charge on any atom is 0.327 e. The minimum Gasteiger partial charge on any atom is -0.465 e. The molecule has 4 nitrogen and oxygen atoms in total. The first-order valence-corrected chi connectivity index (χ1v) is 5.59. The number of hydrogen-bond acceptors (Lipinski definition) is 4. The Labute approximate surface area is 95.6 Å². The Balaban J connectivity index is 2.94. The molecule has 1 aliphatic carbocycles. The lowest BCUT2D eigenvalue weighted by molar-refractivity contribution is -0.167. The summed E-state index contributed by atoms with van der Waals surface area (Å²) in [4.78, 5) is 23.7. The SMILES string of the molecule is CCOC(=O)C1(C(=O)OCC)C=C(C)CC1. The molecule has 0 aromatic carbocycles. The second kappa shape index (κ2) is 5.14. The predicted molar refractivity (Wildman–Crippen MR) is 58.7 cm³/mol. The zero-order valence-corrected chi connectivity index (χ0v) is 10.0. The maximum absolute atomic E-state index is 11.9. The van der Waals surface area contributed by atoms with Crippen LogP contribution in [0.3, 0.4) is 0 Å². The molecule has 16 heavy (non-hydrogen) atoms. The molecule has 0 aromatic rings. The molecular weight excluding hydrogens is 208 g/mol. The second-order valence-corrected chi connectivity index (χ2v) is 3.90. The first kappa shape index (κ1) is 12.7. The van der Waals surface area contributed by atoms with Crippen LogP contribution in [0, 0.1) is 5.41 Å².